The van der Waals surface area contributed by atoms with E-state index in [9.17, 15) is 4.79 Å². The van der Waals surface area contributed by atoms with E-state index in [0.29, 0.717) is 13.1 Å². The minimum Gasteiger partial charge on any atom is -0.496 e. The number of nitrogens with zero attached hydrogens (tertiary/aromatic N) is 2. The van der Waals surface area contributed by atoms with Crippen LogP contribution in [0.3, 0.4) is 0 Å². The number of benzene rings is 1. The summed E-state index contributed by atoms with van der Waals surface area (Å²) in [6.07, 6.45) is 0. The Kier molecular flexibility index (Phi) is 6.48. The van der Waals surface area contributed by atoms with E-state index in [1.807, 2.05) is 18.2 Å². The van der Waals surface area contributed by atoms with Gasteiger partial charge in [0, 0.05) is 26.7 Å². The summed E-state index contributed by atoms with van der Waals surface area (Å²) in [4.78, 5) is 18.3. The molecule has 2 rings (SSSR count). The van der Waals surface area contributed by atoms with Gasteiger partial charge in [-0.2, -0.15) is 0 Å². The number of nitrogens with one attached hydrogen (secondary N) is 1. The number of rotatable bonds is 4. The molecule has 1 aliphatic rings. The van der Waals surface area contributed by atoms with Crippen LogP contribution in [0.4, 0.5) is 0 Å². The number of likely N-dealkylation sites (tertiary alicyclic amines) is 1. The van der Waals surface area contributed by atoms with Crippen LogP contribution in [0.5, 0.6) is 5.75 Å². The van der Waals surface area contributed by atoms with Crippen molar-refractivity contribution in [3.05, 3.63) is 28.2 Å². The van der Waals surface area contributed by atoms with E-state index in [-0.39, 0.29) is 17.8 Å². The van der Waals surface area contributed by atoms with Crippen LogP contribution in [-0.2, 0) is 16.1 Å². The third-order valence-electron chi connectivity index (χ3n) is 4.29. The summed E-state index contributed by atoms with van der Waals surface area (Å²) in [5, 5.41) is 3.35. The molecule has 0 aliphatic carbocycles. The Balaban J connectivity index is 1.98. The van der Waals surface area contributed by atoms with Crippen molar-refractivity contribution in [1.29, 1.82) is 0 Å². The predicted molar refractivity (Wildman–Crippen MR) is 97.1 cm³/mol. The molecule has 1 fully saturated rings. The molecular weight excluding hydrogens is 374 g/mol. The fraction of sp³-hybridized carbons (Fsp3) is 0.529. The maximum Gasteiger partial charge on any atom is 0.310 e. The second kappa shape index (κ2) is 8.37. The molecule has 0 bridgehead atoms. The number of carbonyl (C=O) groups excluding carboxylic acids is 1. The van der Waals surface area contributed by atoms with E-state index in [4.69, 9.17) is 9.47 Å². The summed E-state index contributed by atoms with van der Waals surface area (Å²) in [6.45, 7) is 4.12. The van der Waals surface area contributed by atoms with Gasteiger partial charge in [-0.25, -0.2) is 0 Å². The van der Waals surface area contributed by atoms with Gasteiger partial charge in [0.1, 0.15) is 5.75 Å². The molecule has 0 saturated carbocycles. The van der Waals surface area contributed by atoms with Crippen molar-refractivity contribution in [3.63, 3.8) is 0 Å². The first kappa shape index (κ1) is 18.6. The minimum absolute atomic E-state index is 0.108. The van der Waals surface area contributed by atoms with Gasteiger partial charge in [0.25, 0.3) is 0 Å². The van der Waals surface area contributed by atoms with Gasteiger partial charge in [0.05, 0.1) is 24.6 Å². The Morgan fingerprint density at radius 1 is 1.42 bits per heavy atom. The molecular formula is C17H24BrN3O3. The second-order valence-electron chi connectivity index (χ2n) is 5.88. The Hall–Kier alpha value is -1.76. The Labute approximate surface area is 151 Å². The minimum atomic E-state index is -0.153. The third kappa shape index (κ3) is 4.20. The molecule has 0 aromatic heterocycles. The number of methoxy groups -OCH3 is 2. The number of guanidine groups is 1. The van der Waals surface area contributed by atoms with E-state index in [0.717, 1.165) is 28.3 Å². The van der Waals surface area contributed by atoms with Crippen LogP contribution >= 0.6 is 15.9 Å². The van der Waals surface area contributed by atoms with Crippen molar-refractivity contribution in [2.45, 2.75) is 13.5 Å². The summed E-state index contributed by atoms with van der Waals surface area (Å²) in [5.74, 6) is 1.58. The van der Waals surface area contributed by atoms with Gasteiger partial charge >= 0.3 is 5.97 Å². The average Bonchev–Trinajstić information content (AvgIpc) is 2.96. The Morgan fingerprint density at radius 3 is 2.75 bits per heavy atom. The summed E-state index contributed by atoms with van der Waals surface area (Å²) in [5.41, 5.74) is 1.11. The number of carbonyl (C=O) groups is 1. The first-order valence-corrected chi connectivity index (χ1v) is 8.65. The Morgan fingerprint density at radius 2 is 2.17 bits per heavy atom. The molecule has 6 nitrogen and oxygen atoms in total. The Bertz CT molecular complexity index is 621. The van der Waals surface area contributed by atoms with Gasteiger partial charge < -0.3 is 19.7 Å². The van der Waals surface area contributed by atoms with Crippen LogP contribution in [-0.4, -0.2) is 51.2 Å². The zero-order valence-electron chi connectivity index (χ0n) is 14.5. The number of aliphatic imine (C=N–C) groups is 1. The van der Waals surface area contributed by atoms with Gasteiger partial charge in [-0.05, 0) is 39.5 Å². The smallest absolute Gasteiger partial charge is 0.310 e. The highest BCUT2D eigenvalue weighted by atomic mass is 79.9. The van der Waals surface area contributed by atoms with Crippen molar-refractivity contribution in [3.8, 4) is 5.75 Å². The highest BCUT2D eigenvalue weighted by Crippen LogP contribution is 2.26. The lowest BCUT2D eigenvalue weighted by Crippen LogP contribution is -2.40. The van der Waals surface area contributed by atoms with Crippen LogP contribution in [0.1, 0.15) is 12.5 Å². The van der Waals surface area contributed by atoms with E-state index in [2.05, 4.69) is 38.1 Å². The van der Waals surface area contributed by atoms with Crippen LogP contribution in [0.25, 0.3) is 0 Å². The number of halogens is 1. The first-order chi connectivity index (χ1) is 11.5. The molecule has 24 heavy (non-hydrogen) atoms. The molecule has 0 radical (unpaired) electrons. The first-order valence-electron chi connectivity index (χ1n) is 7.86. The lowest BCUT2D eigenvalue weighted by Gasteiger charge is -2.21. The second-order valence-corrected chi connectivity index (χ2v) is 6.74. The quantitative estimate of drug-likeness (QED) is 0.479. The lowest BCUT2D eigenvalue weighted by molar-refractivity contribution is -0.145. The summed E-state index contributed by atoms with van der Waals surface area (Å²) >= 11 is 3.49. The molecule has 1 aromatic carbocycles. The number of esters is 1. The zero-order chi connectivity index (χ0) is 17.7. The number of ether oxygens (including phenoxy) is 2. The van der Waals surface area contributed by atoms with E-state index < -0.39 is 0 Å². The SMILES string of the molecule is CN=C(NCc1ccc(OC)c(Br)c1)N1CC(C)C(C(=O)OC)C1. The maximum atomic E-state index is 11.8. The zero-order valence-corrected chi connectivity index (χ0v) is 16.1. The predicted octanol–water partition coefficient (Wildman–Crippen LogP) is 2.27. The van der Waals surface area contributed by atoms with Crippen molar-refractivity contribution in [1.82, 2.24) is 10.2 Å². The van der Waals surface area contributed by atoms with Crippen molar-refractivity contribution in [2.24, 2.45) is 16.8 Å². The van der Waals surface area contributed by atoms with Gasteiger partial charge in [0.2, 0.25) is 0 Å². The molecule has 7 heteroatoms. The van der Waals surface area contributed by atoms with Crippen LogP contribution in [0, 0.1) is 11.8 Å². The van der Waals surface area contributed by atoms with Gasteiger partial charge in [-0.15, -0.1) is 0 Å². The molecule has 0 spiro atoms. The largest absolute Gasteiger partial charge is 0.496 e. The van der Waals surface area contributed by atoms with Gasteiger partial charge in [0.15, 0.2) is 5.96 Å². The average molecular weight is 398 g/mol. The lowest BCUT2D eigenvalue weighted by atomic mass is 9.99. The number of hydrogen-bond donors (Lipinski definition) is 1. The van der Waals surface area contributed by atoms with E-state index in [1.54, 1.807) is 14.2 Å². The summed E-state index contributed by atoms with van der Waals surface area (Å²) < 4.78 is 11.0. The fourth-order valence-electron chi connectivity index (χ4n) is 2.93. The summed E-state index contributed by atoms with van der Waals surface area (Å²) in [7, 11) is 4.83. The van der Waals surface area contributed by atoms with Crippen LogP contribution in [0.2, 0.25) is 0 Å². The molecule has 2 unspecified atom stereocenters. The third-order valence-corrected chi connectivity index (χ3v) is 4.91. The number of hydrogen-bond acceptors (Lipinski definition) is 4. The highest BCUT2D eigenvalue weighted by molar-refractivity contribution is 9.10. The van der Waals surface area contributed by atoms with E-state index >= 15 is 0 Å². The standard InChI is InChI=1S/C17H24BrN3O3/c1-11-9-21(10-13(11)16(22)24-4)17(19-2)20-8-12-5-6-15(23-3)14(18)7-12/h5-7,11,13H,8-10H2,1-4H3,(H,19,20). The van der Waals surface area contributed by atoms with E-state index in [1.165, 1.54) is 7.11 Å². The molecule has 0 amide bonds. The van der Waals surface area contributed by atoms with Crippen molar-refractivity contribution in [2.75, 3.05) is 34.4 Å². The molecule has 1 N–H and O–H groups in total. The highest BCUT2D eigenvalue weighted by Gasteiger charge is 2.36. The summed E-state index contributed by atoms with van der Waals surface area (Å²) in [6, 6.07) is 5.95. The molecule has 1 saturated heterocycles. The maximum absolute atomic E-state index is 11.8. The van der Waals surface area contributed by atoms with Gasteiger partial charge in [-0.3, -0.25) is 9.79 Å². The fourth-order valence-corrected chi connectivity index (χ4v) is 3.52. The van der Waals surface area contributed by atoms with Gasteiger partial charge in [-0.1, -0.05) is 13.0 Å². The molecule has 1 aromatic rings. The van der Waals surface area contributed by atoms with Crippen LogP contribution < -0.4 is 10.1 Å². The molecule has 132 valence electrons. The monoisotopic (exact) mass is 397 g/mol. The molecule has 1 heterocycles. The van der Waals surface area contributed by atoms with Crippen molar-refractivity contribution < 1.29 is 14.3 Å². The normalized spacial score (nSPS) is 20.9. The van der Waals surface area contributed by atoms with Crippen molar-refractivity contribution >= 4 is 27.9 Å². The topological polar surface area (TPSA) is 63.2 Å². The van der Waals surface area contributed by atoms with Crippen LogP contribution in [0.15, 0.2) is 27.7 Å². The molecule has 1 aliphatic heterocycles. The molecule has 2 atom stereocenters.